The number of rotatable bonds is 5. The van der Waals surface area contributed by atoms with E-state index in [9.17, 15) is 14.0 Å². The summed E-state index contributed by atoms with van der Waals surface area (Å²) in [4.78, 5) is 23.7. The second kappa shape index (κ2) is 8.47. The third kappa shape index (κ3) is 5.88. The molecule has 0 saturated heterocycles. The van der Waals surface area contributed by atoms with Crippen molar-refractivity contribution in [2.75, 3.05) is 6.54 Å². The Bertz CT molecular complexity index is 756. The Morgan fingerprint density at radius 3 is 2.19 bits per heavy atom. The van der Waals surface area contributed by atoms with Crippen molar-refractivity contribution in [3.63, 3.8) is 0 Å². The lowest BCUT2D eigenvalue weighted by atomic mass is 9.84. The van der Waals surface area contributed by atoms with Gasteiger partial charge in [0.1, 0.15) is 5.82 Å². The molecule has 3 N–H and O–H groups in total. The number of aryl methyl sites for hydroxylation is 1. The lowest BCUT2D eigenvalue weighted by Crippen LogP contribution is -2.49. The second-order valence-corrected chi connectivity index (χ2v) is 6.91. The first-order chi connectivity index (χ1) is 12.3. The van der Waals surface area contributed by atoms with Crippen molar-refractivity contribution < 1.29 is 14.0 Å². The van der Waals surface area contributed by atoms with Gasteiger partial charge in [0.2, 0.25) is 5.91 Å². The zero-order valence-electron chi connectivity index (χ0n) is 15.2. The van der Waals surface area contributed by atoms with Gasteiger partial charge in [0.25, 0.3) is 0 Å². The first-order valence-corrected chi connectivity index (χ1v) is 8.40. The highest BCUT2D eigenvalue weighted by molar-refractivity contribution is 5.82. The van der Waals surface area contributed by atoms with Gasteiger partial charge in [-0.3, -0.25) is 10.2 Å². The number of carbonyl (C=O) groups is 2. The molecular formula is C20H24FN3O2. The van der Waals surface area contributed by atoms with Crippen LogP contribution in [-0.4, -0.2) is 18.5 Å². The van der Waals surface area contributed by atoms with Crippen molar-refractivity contribution in [1.29, 1.82) is 0 Å². The molecule has 0 aliphatic carbocycles. The van der Waals surface area contributed by atoms with E-state index in [2.05, 4.69) is 16.2 Å². The number of hydrogen-bond donors (Lipinski definition) is 3. The molecule has 0 radical (unpaired) electrons. The molecule has 2 aromatic rings. The lowest BCUT2D eigenvalue weighted by Gasteiger charge is -2.26. The van der Waals surface area contributed by atoms with E-state index in [1.54, 1.807) is 0 Å². The Balaban J connectivity index is 1.76. The number of nitrogens with one attached hydrogen (secondary N) is 3. The van der Waals surface area contributed by atoms with Gasteiger partial charge < -0.3 is 5.32 Å². The molecular weight excluding hydrogens is 333 g/mol. The maximum absolute atomic E-state index is 12.8. The molecule has 0 fully saturated rings. The summed E-state index contributed by atoms with van der Waals surface area (Å²) in [6, 6.07) is 13.3. The van der Waals surface area contributed by atoms with Crippen molar-refractivity contribution in [3.05, 3.63) is 71.0 Å². The van der Waals surface area contributed by atoms with Crippen LogP contribution in [0.5, 0.6) is 0 Å². The molecule has 26 heavy (non-hydrogen) atoms. The van der Waals surface area contributed by atoms with E-state index in [4.69, 9.17) is 0 Å². The van der Waals surface area contributed by atoms with Crippen LogP contribution >= 0.6 is 0 Å². The predicted octanol–water partition coefficient (Wildman–Crippen LogP) is 2.98. The van der Waals surface area contributed by atoms with Crippen LogP contribution in [-0.2, 0) is 16.6 Å². The predicted molar refractivity (Wildman–Crippen MR) is 99.0 cm³/mol. The van der Waals surface area contributed by atoms with E-state index in [0.29, 0.717) is 12.1 Å². The fourth-order valence-corrected chi connectivity index (χ4v) is 2.41. The Morgan fingerprint density at radius 1 is 0.962 bits per heavy atom. The number of hydrogen-bond acceptors (Lipinski definition) is 2. The molecule has 0 spiro atoms. The third-order valence-corrected chi connectivity index (χ3v) is 4.12. The topological polar surface area (TPSA) is 70.2 Å². The minimum atomic E-state index is -0.488. The first-order valence-electron chi connectivity index (χ1n) is 8.40. The summed E-state index contributed by atoms with van der Waals surface area (Å²) in [6.07, 6.45) is 0.0510. The third-order valence-electron chi connectivity index (χ3n) is 4.12. The molecule has 0 unspecified atom stereocenters. The highest BCUT2D eigenvalue weighted by Crippen LogP contribution is 2.22. The molecule has 138 valence electrons. The summed E-state index contributed by atoms with van der Waals surface area (Å²) in [7, 11) is 0. The van der Waals surface area contributed by atoms with Gasteiger partial charge >= 0.3 is 6.03 Å². The summed E-state index contributed by atoms with van der Waals surface area (Å²) in [6.45, 7) is 6.50. The first kappa shape index (κ1) is 19.4. The Morgan fingerprint density at radius 2 is 1.58 bits per heavy atom. The van der Waals surface area contributed by atoms with E-state index in [0.717, 1.165) is 5.56 Å². The summed E-state index contributed by atoms with van der Waals surface area (Å²) >= 11 is 0. The van der Waals surface area contributed by atoms with E-state index in [1.807, 2.05) is 45.0 Å². The van der Waals surface area contributed by atoms with E-state index in [1.165, 1.54) is 29.8 Å². The van der Waals surface area contributed by atoms with Crippen LogP contribution in [0.3, 0.4) is 0 Å². The summed E-state index contributed by atoms with van der Waals surface area (Å²) in [5.41, 5.74) is 7.36. The minimum absolute atomic E-state index is 0.0510. The van der Waals surface area contributed by atoms with Crippen LogP contribution in [0, 0.1) is 12.7 Å². The van der Waals surface area contributed by atoms with Crippen LogP contribution < -0.4 is 16.2 Å². The molecule has 6 heteroatoms. The normalized spacial score (nSPS) is 10.9. The Kier molecular flexibility index (Phi) is 6.33. The van der Waals surface area contributed by atoms with Gasteiger partial charge in [-0.15, -0.1) is 0 Å². The SMILES string of the molecule is Cc1ccc(C(C)(C)CNC(=O)NNC(=O)Cc2ccc(F)cc2)cc1. The molecule has 0 heterocycles. The summed E-state index contributed by atoms with van der Waals surface area (Å²) < 4.78 is 12.8. The highest BCUT2D eigenvalue weighted by Gasteiger charge is 2.21. The zero-order valence-corrected chi connectivity index (χ0v) is 15.2. The van der Waals surface area contributed by atoms with Crippen molar-refractivity contribution in [3.8, 4) is 0 Å². The number of urea groups is 1. The molecule has 0 aromatic heterocycles. The Hall–Kier alpha value is -2.89. The van der Waals surface area contributed by atoms with Crippen LogP contribution in [0.15, 0.2) is 48.5 Å². The average molecular weight is 357 g/mol. The fraction of sp³-hybridized carbons (Fsp3) is 0.300. The molecule has 0 aliphatic heterocycles. The number of amides is 3. The maximum Gasteiger partial charge on any atom is 0.333 e. The van der Waals surface area contributed by atoms with Crippen molar-refractivity contribution in [1.82, 2.24) is 16.2 Å². The smallest absolute Gasteiger partial charge is 0.333 e. The summed E-state index contributed by atoms with van der Waals surface area (Å²) in [5.74, 6) is -0.743. The van der Waals surface area contributed by atoms with Gasteiger partial charge in [-0.05, 0) is 30.2 Å². The molecule has 3 amide bonds. The van der Waals surface area contributed by atoms with Crippen LogP contribution in [0.1, 0.15) is 30.5 Å². The van der Waals surface area contributed by atoms with Crippen LogP contribution in [0.2, 0.25) is 0 Å². The number of halogens is 1. The van der Waals surface area contributed by atoms with Gasteiger partial charge in [-0.1, -0.05) is 55.8 Å². The molecule has 0 saturated carbocycles. The van der Waals surface area contributed by atoms with Gasteiger partial charge in [0.15, 0.2) is 0 Å². The van der Waals surface area contributed by atoms with Crippen LogP contribution in [0.25, 0.3) is 0 Å². The standard InChI is InChI=1S/C20H24FN3O2/c1-14-4-8-16(9-5-14)20(2,3)13-22-19(26)24-23-18(25)12-15-6-10-17(21)11-7-15/h4-11H,12-13H2,1-3H3,(H,23,25)(H2,22,24,26). The van der Waals surface area contributed by atoms with E-state index < -0.39 is 6.03 Å². The van der Waals surface area contributed by atoms with Gasteiger partial charge in [0, 0.05) is 12.0 Å². The highest BCUT2D eigenvalue weighted by atomic mass is 19.1. The quantitative estimate of drug-likeness (QED) is 0.720. The molecule has 0 bridgehead atoms. The fourth-order valence-electron chi connectivity index (χ4n) is 2.41. The molecule has 5 nitrogen and oxygen atoms in total. The zero-order chi connectivity index (χ0) is 19.2. The second-order valence-electron chi connectivity index (χ2n) is 6.91. The van der Waals surface area contributed by atoms with Gasteiger partial charge in [0.05, 0.1) is 6.42 Å². The number of carbonyl (C=O) groups excluding carboxylic acids is 2. The molecule has 2 aromatic carbocycles. The molecule has 0 aliphatic rings. The largest absolute Gasteiger partial charge is 0.336 e. The van der Waals surface area contributed by atoms with Gasteiger partial charge in [-0.25, -0.2) is 14.6 Å². The minimum Gasteiger partial charge on any atom is -0.336 e. The van der Waals surface area contributed by atoms with Gasteiger partial charge in [-0.2, -0.15) is 0 Å². The van der Waals surface area contributed by atoms with E-state index in [-0.39, 0.29) is 23.6 Å². The van der Waals surface area contributed by atoms with Crippen molar-refractivity contribution >= 4 is 11.9 Å². The summed E-state index contributed by atoms with van der Waals surface area (Å²) in [5, 5.41) is 2.75. The maximum atomic E-state index is 12.8. The van der Waals surface area contributed by atoms with Crippen molar-refractivity contribution in [2.24, 2.45) is 0 Å². The molecule has 0 atom stereocenters. The number of benzene rings is 2. The number of hydrazine groups is 1. The Labute approximate surface area is 153 Å². The average Bonchev–Trinajstić information content (AvgIpc) is 2.61. The molecule has 2 rings (SSSR count). The van der Waals surface area contributed by atoms with Crippen LogP contribution in [0.4, 0.5) is 9.18 Å². The van der Waals surface area contributed by atoms with E-state index >= 15 is 0 Å². The lowest BCUT2D eigenvalue weighted by molar-refractivity contribution is -0.121. The van der Waals surface area contributed by atoms with Crippen molar-refractivity contribution in [2.45, 2.75) is 32.6 Å². The monoisotopic (exact) mass is 357 g/mol.